The number of aliphatic hydroxyl groups is 1. The molecular formula is C16H34N2O. The lowest BCUT2D eigenvalue weighted by molar-refractivity contribution is 0.143. The van der Waals surface area contributed by atoms with Gasteiger partial charge in [-0.2, -0.15) is 0 Å². The average Bonchev–Trinajstić information content (AvgIpc) is 2.34. The Bertz CT molecular complexity index is 229. The molecule has 0 aliphatic carbocycles. The van der Waals surface area contributed by atoms with Crippen LogP contribution in [0.2, 0.25) is 0 Å². The number of hydrogen-bond donors (Lipinski definition) is 1. The van der Waals surface area contributed by atoms with E-state index >= 15 is 0 Å². The van der Waals surface area contributed by atoms with Gasteiger partial charge in [-0.25, -0.2) is 0 Å². The van der Waals surface area contributed by atoms with Gasteiger partial charge in [0, 0.05) is 32.8 Å². The fraction of sp³-hybridized carbons (Fsp3) is 1.00. The third kappa shape index (κ3) is 7.91. The van der Waals surface area contributed by atoms with Crippen molar-refractivity contribution in [1.82, 2.24) is 9.80 Å². The highest BCUT2D eigenvalue weighted by atomic mass is 16.3. The second-order valence-corrected chi connectivity index (χ2v) is 7.44. The Morgan fingerprint density at radius 2 is 1.68 bits per heavy atom. The molecule has 0 radical (unpaired) electrons. The van der Waals surface area contributed by atoms with Gasteiger partial charge in [0.2, 0.25) is 0 Å². The summed E-state index contributed by atoms with van der Waals surface area (Å²) in [7, 11) is 2.20. The van der Waals surface area contributed by atoms with Crippen LogP contribution >= 0.6 is 0 Å². The zero-order valence-corrected chi connectivity index (χ0v) is 13.5. The molecular weight excluding hydrogens is 236 g/mol. The lowest BCUT2D eigenvalue weighted by Crippen LogP contribution is -2.44. The fourth-order valence-corrected chi connectivity index (χ4v) is 2.64. The van der Waals surface area contributed by atoms with Crippen LogP contribution in [0.4, 0.5) is 0 Å². The first-order chi connectivity index (χ1) is 8.90. The standard InChI is InChI=1S/C16H34N2O/c1-16(2,3)8-7-15(14-19)6-5-9-18-12-10-17(4)11-13-18/h15,19H,5-14H2,1-4H3/t15-/m0/s1. The molecule has 3 heteroatoms. The number of rotatable bonds is 7. The summed E-state index contributed by atoms with van der Waals surface area (Å²) in [5, 5.41) is 9.47. The van der Waals surface area contributed by atoms with E-state index in [1.54, 1.807) is 0 Å². The van der Waals surface area contributed by atoms with Gasteiger partial charge in [0.25, 0.3) is 0 Å². The van der Waals surface area contributed by atoms with Crippen LogP contribution < -0.4 is 0 Å². The zero-order chi connectivity index (χ0) is 14.3. The van der Waals surface area contributed by atoms with Gasteiger partial charge in [-0.3, -0.25) is 0 Å². The molecule has 1 aliphatic heterocycles. The normalized spacial score (nSPS) is 20.7. The Morgan fingerprint density at radius 1 is 1.05 bits per heavy atom. The van der Waals surface area contributed by atoms with Crippen molar-refractivity contribution in [2.75, 3.05) is 46.4 Å². The second-order valence-electron chi connectivity index (χ2n) is 7.44. The van der Waals surface area contributed by atoms with Gasteiger partial charge in [-0.05, 0) is 50.6 Å². The highest BCUT2D eigenvalue weighted by Crippen LogP contribution is 2.25. The number of aliphatic hydroxyl groups excluding tert-OH is 1. The van der Waals surface area contributed by atoms with E-state index in [2.05, 4.69) is 37.6 Å². The largest absolute Gasteiger partial charge is 0.396 e. The van der Waals surface area contributed by atoms with Crippen LogP contribution in [0, 0.1) is 11.3 Å². The van der Waals surface area contributed by atoms with Gasteiger partial charge in [-0.15, -0.1) is 0 Å². The van der Waals surface area contributed by atoms with Gasteiger partial charge in [-0.1, -0.05) is 20.8 Å². The molecule has 0 aromatic rings. The molecule has 1 saturated heterocycles. The summed E-state index contributed by atoms with van der Waals surface area (Å²) < 4.78 is 0. The van der Waals surface area contributed by atoms with Crippen LogP contribution in [-0.2, 0) is 0 Å². The molecule has 0 unspecified atom stereocenters. The average molecular weight is 270 g/mol. The maximum Gasteiger partial charge on any atom is 0.0459 e. The Hall–Kier alpha value is -0.120. The summed E-state index contributed by atoms with van der Waals surface area (Å²) in [6.07, 6.45) is 4.80. The predicted octanol–water partition coefficient (Wildman–Crippen LogP) is 2.45. The van der Waals surface area contributed by atoms with Crippen molar-refractivity contribution in [3.63, 3.8) is 0 Å². The van der Waals surface area contributed by atoms with Crippen molar-refractivity contribution in [2.24, 2.45) is 11.3 Å². The minimum atomic E-state index is 0.360. The summed E-state index contributed by atoms with van der Waals surface area (Å²) in [6, 6.07) is 0. The van der Waals surface area contributed by atoms with Crippen molar-refractivity contribution in [2.45, 2.75) is 46.5 Å². The van der Waals surface area contributed by atoms with Crippen molar-refractivity contribution in [3.05, 3.63) is 0 Å². The van der Waals surface area contributed by atoms with E-state index in [9.17, 15) is 5.11 Å². The molecule has 1 rings (SSSR count). The molecule has 0 bridgehead atoms. The van der Waals surface area contributed by atoms with Gasteiger partial charge >= 0.3 is 0 Å². The summed E-state index contributed by atoms with van der Waals surface area (Å²) in [4.78, 5) is 4.97. The highest BCUT2D eigenvalue weighted by Gasteiger charge is 2.16. The van der Waals surface area contributed by atoms with Gasteiger partial charge in [0.15, 0.2) is 0 Å². The first kappa shape index (κ1) is 16.9. The van der Waals surface area contributed by atoms with Crippen LogP contribution in [0.3, 0.4) is 0 Å². The molecule has 1 aliphatic rings. The molecule has 0 aromatic carbocycles. The summed E-state index contributed by atoms with van der Waals surface area (Å²) >= 11 is 0. The summed E-state index contributed by atoms with van der Waals surface area (Å²) in [5.41, 5.74) is 0.394. The third-order valence-corrected chi connectivity index (χ3v) is 4.24. The molecule has 1 N–H and O–H groups in total. The molecule has 3 nitrogen and oxygen atoms in total. The minimum absolute atomic E-state index is 0.360. The quantitative estimate of drug-likeness (QED) is 0.770. The molecule has 0 aromatic heterocycles. The van der Waals surface area contributed by atoms with Crippen molar-refractivity contribution >= 4 is 0 Å². The number of nitrogens with zero attached hydrogens (tertiary/aromatic N) is 2. The van der Waals surface area contributed by atoms with E-state index in [-0.39, 0.29) is 0 Å². The van der Waals surface area contributed by atoms with Gasteiger partial charge in [0.05, 0.1) is 0 Å². The van der Waals surface area contributed by atoms with Crippen LogP contribution in [0.1, 0.15) is 46.5 Å². The van der Waals surface area contributed by atoms with Gasteiger partial charge < -0.3 is 14.9 Å². The van der Waals surface area contributed by atoms with Crippen LogP contribution in [0.5, 0.6) is 0 Å². The third-order valence-electron chi connectivity index (χ3n) is 4.24. The van der Waals surface area contributed by atoms with Crippen LogP contribution in [0.25, 0.3) is 0 Å². The molecule has 1 heterocycles. The van der Waals surface area contributed by atoms with E-state index in [1.807, 2.05) is 0 Å². The second kappa shape index (κ2) is 8.23. The van der Waals surface area contributed by atoms with Crippen molar-refractivity contribution in [1.29, 1.82) is 0 Å². The van der Waals surface area contributed by atoms with E-state index in [1.165, 1.54) is 58.4 Å². The number of likely N-dealkylation sites (N-methyl/N-ethyl adjacent to an activating group) is 1. The molecule has 1 fully saturated rings. The molecule has 19 heavy (non-hydrogen) atoms. The Balaban J connectivity index is 2.12. The topological polar surface area (TPSA) is 26.7 Å². The SMILES string of the molecule is CN1CCN(CCC[C@H](CO)CCC(C)(C)C)CC1. The smallest absolute Gasteiger partial charge is 0.0459 e. The van der Waals surface area contributed by atoms with Crippen LogP contribution in [0.15, 0.2) is 0 Å². The Kier molecular flexibility index (Phi) is 7.33. The van der Waals surface area contributed by atoms with E-state index in [0.717, 1.165) is 0 Å². The monoisotopic (exact) mass is 270 g/mol. The Morgan fingerprint density at radius 3 is 2.21 bits per heavy atom. The summed E-state index contributed by atoms with van der Waals surface area (Å²) in [6.45, 7) is 13.2. The van der Waals surface area contributed by atoms with Crippen LogP contribution in [-0.4, -0.2) is 61.3 Å². The predicted molar refractivity (Wildman–Crippen MR) is 82.4 cm³/mol. The lowest BCUT2D eigenvalue weighted by atomic mass is 9.85. The molecule has 0 saturated carbocycles. The van der Waals surface area contributed by atoms with Gasteiger partial charge in [0.1, 0.15) is 0 Å². The first-order valence-electron chi connectivity index (χ1n) is 7.92. The van der Waals surface area contributed by atoms with Crippen molar-refractivity contribution in [3.8, 4) is 0 Å². The lowest BCUT2D eigenvalue weighted by Gasteiger charge is -2.32. The highest BCUT2D eigenvalue weighted by molar-refractivity contribution is 4.71. The van der Waals surface area contributed by atoms with Crippen molar-refractivity contribution < 1.29 is 5.11 Å². The molecule has 1 atom stereocenters. The number of hydrogen-bond acceptors (Lipinski definition) is 3. The fourth-order valence-electron chi connectivity index (χ4n) is 2.64. The Labute approximate surface area is 120 Å². The first-order valence-corrected chi connectivity index (χ1v) is 7.92. The molecule has 114 valence electrons. The molecule has 0 spiro atoms. The summed E-state index contributed by atoms with van der Waals surface area (Å²) in [5.74, 6) is 0.506. The minimum Gasteiger partial charge on any atom is -0.396 e. The maximum atomic E-state index is 9.47. The van der Waals surface area contributed by atoms with E-state index in [0.29, 0.717) is 17.9 Å². The van der Waals surface area contributed by atoms with E-state index in [4.69, 9.17) is 0 Å². The maximum absolute atomic E-state index is 9.47. The zero-order valence-electron chi connectivity index (χ0n) is 13.5. The molecule has 0 amide bonds. The van der Waals surface area contributed by atoms with E-state index < -0.39 is 0 Å². The number of piperazine rings is 1.